The summed E-state index contributed by atoms with van der Waals surface area (Å²) >= 11 is 0. The average Bonchev–Trinajstić information content (AvgIpc) is 2.71. The van der Waals surface area contributed by atoms with Crippen LogP contribution in [0, 0.1) is 11.6 Å². The number of carbonyl (C=O) groups excluding carboxylic acids is 1. The molecule has 5 nitrogen and oxygen atoms in total. The highest BCUT2D eigenvalue weighted by Gasteiger charge is 2.09. The lowest BCUT2D eigenvalue weighted by molar-refractivity contribution is -0.118. The van der Waals surface area contributed by atoms with Crippen molar-refractivity contribution < 1.29 is 23.0 Å². The summed E-state index contributed by atoms with van der Waals surface area (Å²) in [6.45, 7) is -0.194. The number of rotatable bonds is 7. The third kappa shape index (κ3) is 4.76. The fourth-order valence-corrected chi connectivity index (χ4v) is 2.48. The first-order valence-corrected chi connectivity index (χ1v) is 8.43. The van der Waals surface area contributed by atoms with Gasteiger partial charge in [0.1, 0.15) is 17.3 Å². The van der Waals surface area contributed by atoms with Crippen molar-refractivity contribution in [3.63, 3.8) is 0 Å². The number of para-hydroxylation sites is 3. The number of halogens is 2. The number of nitrogens with one attached hydrogen (secondary N) is 2. The highest BCUT2D eigenvalue weighted by Crippen LogP contribution is 2.26. The second-order valence-electron chi connectivity index (χ2n) is 5.79. The summed E-state index contributed by atoms with van der Waals surface area (Å²) in [5.74, 6) is -0.735. The molecule has 0 fully saturated rings. The molecule has 0 unspecified atom stereocenters. The third-order valence-electron chi connectivity index (χ3n) is 3.83. The molecular weight excluding hydrogens is 366 g/mol. The molecule has 0 bridgehead atoms. The van der Waals surface area contributed by atoms with E-state index in [-0.39, 0.29) is 18.2 Å². The van der Waals surface area contributed by atoms with E-state index in [0.717, 1.165) is 0 Å². The number of hydrogen-bond acceptors (Lipinski definition) is 4. The monoisotopic (exact) mass is 384 g/mol. The van der Waals surface area contributed by atoms with Crippen molar-refractivity contribution in [1.82, 2.24) is 0 Å². The molecule has 3 aromatic rings. The molecule has 3 rings (SSSR count). The highest BCUT2D eigenvalue weighted by molar-refractivity contribution is 5.92. The van der Waals surface area contributed by atoms with E-state index in [9.17, 15) is 13.6 Å². The number of ether oxygens (including phenoxy) is 2. The maximum atomic E-state index is 13.7. The van der Waals surface area contributed by atoms with Gasteiger partial charge in [0.2, 0.25) is 0 Å². The summed E-state index contributed by atoms with van der Waals surface area (Å²) in [6.07, 6.45) is 0. The van der Waals surface area contributed by atoms with Gasteiger partial charge in [0.15, 0.2) is 18.1 Å². The molecule has 28 heavy (non-hydrogen) atoms. The van der Waals surface area contributed by atoms with E-state index in [4.69, 9.17) is 9.47 Å². The first kappa shape index (κ1) is 19.2. The Bertz CT molecular complexity index is 942. The average molecular weight is 384 g/mol. The largest absolute Gasteiger partial charge is 0.493 e. The van der Waals surface area contributed by atoms with Crippen molar-refractivity contribution in [2.45, 2.75) is 0 Å². The van der Waals surface area contributed by atoms with Crippen LogP contribution in [0.15, 0.2) is 66.7 Å². The predicted molar refractivity (Wildman–Crippen MR) is 103 cm³/mol. The molecule has 2 N–H and O–H groups in total. The molecule has 0 aliphatic carbocycles. The van der Waals surface area contributed by atoms with Gasteiger partial charge in [-0.05, 0) is 48.5 Å². The van der Waals surface area contributed by atoms with Gasteiger partial charge in [-0.2, -0.15) is 0 Å². The van der Waals surface area contributed by atoms with Gasteiger partial charge in [0.05, 0.1) is 7.11 Å². The Morgan fingerprint density at radius 3 is 2.11 bits per heavy atom. The lowest BCUT2D eigenvalue weighted by Gasteiger charge is -2.11. The van der Waals surface area contributed by atoms with Gasteiger partial charge < -0.3 is 20.1 Å². The van der Waals surface area contributed by atoms with Crippen molar-refractivity contribution in [3.8, 4) is 11.5 Å². The lowest BCUT2D eigenvalue weighted by Crippen LogP contribution is -2.20. The van der Waals surface area contributed by atoms with Crippen molar-refractivity contribution in [1.29, 1.82) is 0 Å². The Balaban J connectivity index is 1.57. The van der Waals surface area contributed by atoms with Gasteiger partial charge in [-0.1, -0.05) is 18.2 Å². The lowest BCUT2D eigenvalue weighted by atomic mass is 10.2. The maximum absolute atomic E-state index is 13.7. The molecule has 0 aliphatic heterocycles. The first-order chi connectivity index (χ1) is 13.6. The van der Waals surface area contributed by atoms with Crippen molar-refractivity contribution in [2.75, 3.05) is 24.4 Å². The van der Waals surface area contributed by atoms with E-state index < -0.39 is 11.6 Å². The second kappa shape index (κ2) is 8.85. The zero-order valence-electron chi connectivity index (χ0n) is 15.0. The van der Waals surface area contributed by atoms with Gasteiger partial charge >= 0.3 is 0 Å². The summed E-state index contributed by atoms with van der Waals surface area (Å²) in [7, 11) is 1.52. The van der Waals surface area contributed by atoms with Crippen LogP contribution in [0.25, 0.3) is 0 Å². The Labute approximate surface area is 160 Å². The molecule has 144 valence electrons. The van der Waals surface area contributed by atoms with E-state index in [1.165, 1.54) is 25.3 Å². The molecule has 0 atom stereocenters. The van der Waals surface area contributed by atoms with Crippen molar-refractivity contribution in [3.05, 3.63) is 78.4 Å². The number of methoxy groups -OCH3 is 1. The van der Waals surface area contributed by atoms with Crippen LogP contribution in [0.4, 0.5) is 25.8 Å². The summed E-state index contributed by atoms with van der Waals surface area (Å²) in [6, 6.07) is 17.1. The zero-order chi connectivity index (χ0) is 19.9. The molecular formula is C21H18F2N2O3. The Hall–Kier alpha value is -3.61. The number of amides is 1. The summed E-state index contributed by atoms with van der Waals surface area (Å²) in [5, 5.41) is 5.36. The van der Waals surface area contributed by atoms with E-state index in [0.29, 0.717) is 22.9 Å². The normalized spacial score (nSPS) is 10.2. The van der Waals surface area contributed by atoms with Crippen molar-refractivity contribution >= 4 is 23.0 Å². The fourth-order valence-electron chi connectivity index (χ4n) is 2.48. The Morgan fingerprint density at radius 2 is 1.46 bits per heavy atom. The van der Waals surface area contributed by atoms with Crippen LogP contribution in [0.1, 0.15) is 0 Å². The van der Waals surface area contributed by atoms with Crippen LogP contribution in [-0.2, 0) is 4.79 Å². The van der Waals surface area contributed by atoms with Crippen molar-refractivity contribution in [2.24, 2.45) is 0 Å². The minimum atomic E-state index is -0.689. The number of benzene rings is 3. The standard InChI is InChI=1S/C21H18F2N2O3/c1-27-18-7-2-3-8-19(18)28-13-20(26)24-14-9-11-15(12-10-14)25-21-16(22)5-4-6-17(21)23/h2-12,25H,13H2,1H3,(H,24,26). The second-order valence-corrected chi connectivity index (χ2v) is 5.79. The van der Waals surface area contributed by atoms with Gasteiger partial charge in [-0.15, -0.1) is 0 Å². The minimum Gasteiger partial charge on any atom is -0.493 e. The first-order valence-electron chi connectivity index (χ1n) is 8.43. The zero-order valence-corrected chi connectivity index (χ0v) is 15.0. The van der Waals surface area contributed by atoms with E-state index in [1.807, 2.05) is 0 Å². The number of hydrogen-bond donors (Lipinski definition) is 2. The molecule has 1 amide bonds. The van der Waals surface area contributed by atoms with Crippen LogP contribution in [0.3, 0.4) is 0 Å². The highest BCUT2D eigenvalue weighted by atomic mass is 19.1. The topological polar surface area (TPSA) is 59.6 Å². The molecule has 0 spiro atoms. The van der Waals surface area contributed by atoms with Crippen LogP contribution in [0.2, 0.25) is 0 Å². The molecule has 3 aromatic carbocycles. The molecule has 0 saturated carbocycles. The summed E-state index contributed by atoms with van der Waals surface area (Å²) < 4.78 is 38.0. The number of anilines is 3. The van der Waals surface area contributed by atoms with Crippen LogP contribution < -0.4 is 20.1 Å². The third-order valence-corrected chi connectivity index (χ3v) is 3.83. The van der Waals surface area contributed by atoms with Crippen LogP contribution >= 0.6 is 0 Å². The van der Waals surface area contributed by atoms with E-state index in [1.54, 1.807) is 48.5 Å². The molecule has 0 heterocycles. The van der Waals surface area contributed by atoms with Gasteiger partial charge in [-0.25, -0.2) is 8.78 Å². The van der Waals surface area contributed by atoms with E-state index in [2.05, 4.69) is 10.6 Å². The maximum Gasteiger partial charge on any atom is 0.262 e. The quantitative estimate of drug-likeness (QED) is 0.618. The molecule has 0 aliphatic rings. The molecule has 0 radical (unpaired) electrons. The van der Waals surface area contributed by atoms with Gasteiger partial charge in [0, 0.05) is 11.4 Å². The predicted octanol–water partition coefficient (Wildman–Crippen LogP) is 4.73. The molecule has 0 saturated heterocycles. The smallest absolute Gasteiger partial charge is 0.262 e. The SMILES string of the molecule is COc1ccccc1OCC(=O)Nc1ccc(Nc2c(F)cccc2F)cc1. The van der Waals surface area contributed by atoms with E-state index >= 15 is 0 Å². The Morgan fingerprint density at radius 1 is 0.857 bits per heavy atom. The Kier molecular flexibility index (Phi) is 6.06. The fraction of sp³-hybridized carbons (Fsp3) is 0.0952. The molecule has 7 heteroatoms. The summed E-state index contributed by atoms with van der Waals surface area (Å²) in [4.78, 5) is 12.1. The summed E-state index contributed by atoms with van der Waals surface area (Å²) in [5.41, 5.74) is 0.768. The van der Waals surface area contributed by atoms with Gasteiger partial charge in [-0.3, -0.25) is 4.79 Å². The number of carbonyl (C=O) groups is 1. The van der Waals surface area contributed by atoms with Crippen LogP contribution in [-0.4, -0.2) is 19.6 Å². The molecule has 0 aromatic heterocycles. The van der Waals surface area contributed by atoms with Gasteiger partial charge in [0.25, 0.3) is 5.91 Å². The minimum absolute atomic E-state index is 0.194. The van der Waals surface area contributed by atoms with Crippen LogP contribution in [0.5, 0.6) is 11.5 Å².